The molecule has 20 heavy (non-hydrogen) atoms. The molecule has 1 heterocycles. The van der Waals surface area contributed by atoms with E-state index in [4.69, 9.17) is 5.11 Å². The van der Waals surface area contributed by atoms with Gasteiger partial charge in [0.25, 0.3) is 0 Å². The number of hydrogen-bond acceptors (Lipinski definition) is 4. The Hall–Kier alpha value is -2.43. The first-order valence-electron chi connectivity index (χ1n) is 6.41. The van der Waals surface area contributed by atoms with Crippen LogP contribution in [0.2, 0.25) is 0 Å². The van der Waals surface area contributed by atoms with Crippen molar-refractivity contribution in [1.29, 1.82) is 0 Å². The summed E-state index contributed by atoms with van der Waals surface area (Å²) in [5, 5.41) is 12.0. The molecule has 0 radical (unpaired) electrons. The zero-order valence-electron chi connectivity index (χ0n) is 11.7. The van der Waals surface area contributed by atoms with Crippen molar-refractivity contribution in [3.63, 3.8) is 0 Å². The van der Waals surface area contributed by atoms with Crippen LogP contribution in [0.3, 0.4) is 0 Å². The topological polar surface area (TPSA) is 75.1 Å². The number of para-hydroxylation sites is 1. The summed E-state index contributed by atoms with van der Waals surface area (Å²) in [7, 11) is 0. The average Bonchev–Trinajstić information content (AvgIpc) is 2.41. The molecule has 0 aliphatic heterocycles. The third kappa shape index (κ3) is 2.93. The van der Waals surface area contributed by atoms with Gasteiger partial charge in [-0.3, -0.25) is 0 Å². The number of nitrogens with zero attached hydrogens (tertiary/aromatic N) is 2. The van der Waals surface area contributed by atoms with Crippen molar-refractivity contribution in [1.82, 2.24) is 9.97 Å². The van der Waals surface area contributed by atoms with Gasteiger partial charge in [0, 0.05) is 5.69 Å². The first-order valence-corrected chi connectivity index (χ1v) is 6.41. The van der Waals surface area contributed by atoms with Crippen LogP contribution < -0.4 is 5.32 Å². The lowest BCUT2D eigenvalue weighted by atomic mass is 9.98. The molecule has 2 N–H and O–H groups in total. The normalized spacial score (nSPS) is 10.6. The van der Waals surface area contributed by atoms with Crippen LogP contribution in [0.5, 0.6) is 0 Å². The number of carbonyl (C=O) groups is 1. The molecular formula is C15H17N3O2. The van der Waals surface area contributed by atoms with Gasteiger partial charge in [-0.05, 0) is 24.0 Å². The molecule has 0 amide bonds. The molecule has 0 spiro atoms. The van der Waals surface area contributed by atoms with Crippen LogP contribution in [-0.4, -0.2) is 21.0 Å². The second kappa shape index (κ2) is 5.69. The molecule has 1 aromatic carbocycles. The third-order valence-electron chi connectivity index (χ3n) is 3.05. The summed E-state index contributed by atoms with van der Waals surface area (Å²) >= 11 is 0. The minimum atomic E-state index is -1.08. The van der Waals surface area contributed by atoms with Crippen LogP contribution in [0.4, 0.5) is 11.5 Å². The largest absolute Gasteiger partial charge is 0.476 e. The summed E-state index contributed by atoms with van der Waals surface area (Å²) in [4.78, 5) is 18.7. The first kappa shape index (κ1) is 14.0. The Labute approximate surface area is 117 Å². The molecule has 0 saturated carbocycles. The van der Waals surface area contributed by atoms with Gasteiger partial charge in [0.1, 0.15) is 5.82 Å². The molecule has 0 saturated heterocycles. The lowest BCUT2D eigenvalue weighted by molar-refractivity contribution is 0.0690. The van der Waals surface area contributed by atoms with E-state index in [1.54, 1.807) is 0 Å². The van der Waals surface area contributed by atoms with Gasteiger partial charge in [-0.25, -0.2) is 14.8 Å². The Morgan fingerprint density at radius 2 is 2.00 bits per heavy atom. The van der Waals surface area contributed by atoms with E-state index in [9.17, 15) is 4.79 Å². The summed E-state index contributed by atoms with van der Waals surface area (Å²) in [6.07, 6.45) is 2.68. The van der Waals surface area contributed by atoms with E-state index in [0.717, 1.165) is 11.3 Å². The van der Waals surface area contributed by atoms with Crippen LogP contribution in [-0.2, 0) is 0 Å². The summed E-state index contributed by atoms with van der Waals surface area (Å²) in [6.45, 7) is 6.27. The van der Waals surface area contributed by atoms with Gasteiger partial charge < -0.3 is 10.4 Å². The van der Waals surface area contributed by atoms with Crippen LogP contribution in [0, 0.1) is 6.92 Å². The second-order valence-electron chi connectivity index (χ2n) is 4.91. The van der Waals surface area contributed by atoms with Crippen molar-refractivity contribution in [2.75, 3.05) is 5.32 Å². The number of aryl methyl sites for hydroxylation is 1. The van der Waals surface area contributed by atoms with Crippen molar-refractivity contribution in [2.24, 2.45) is 0 Å². The third-order valence-corrected chi connectivity index (χ3v) is 3.05. The van der Waals surface area contributed by atoms with Crippen molar-refractivity contribution >= 4 is 17.5 Å². The molecule has 5 nitrogen and oxygen atoms in total. The molecule has 0 fully saturated rings. The summed E-state index contributed by atoms with van der Waals surface area (Å²) < 4.78 is 0. The van der Waals surface area contributed by atoms with Crippen LogP contribution >= 0.6 is 0 Å². The van der Waals surface area contributed by atoms with Crippen molar-refractivity contribution in [3.8, 4) is 0 Å². The lowest BCUT2D eigenvalue weighted by Gasteiger charge is -2.16. The van der Waals surface area contributed by atoms with E-state index < -0.39 is 5.97 Å². The molecule has 0 unspecified atom stereocenters. The fraction of sp³-hybridized carbons (Fsp3) is 0.267. The van der Waals surface area contributed by atoms with Gasteiger partial charge in [0.15, 0.2) is 5.69 Å². The molecule has 0 bridgehead atoms. The minimum absolute atomic E-state index is 0.0654. The second-order valence-corrected chi connectivity index (χ2v) is 4.91. The van der Waals surface area contributed by atoms with E-state index in [1.807, 2.05) is 19.1 Å². The highest BCUT2D eigenvalue weighted by Crippen LogP contribution is 2.29. The van der Waals surface area contributed by atoms with E-state index in [-0.39, 0.29) is 5.69 Å². The van der Waals surface area contributed by atoms with Gasteiger partial charge in [0.2, 0.25) is 0 Å². The smallest absolute Gasteiger partial charge is 0.356 e. The van der Waals surface area contributed by atoms with Crippen molar-refractivity contribution < 1.29 is 9.90 Å². The fourth-order valence-corrected chi connectivity index (χ4v) is 1.97. The Bertz CT molecular complexity index is 622. The molecular weight excluding hydrogens is 254 g/mol. The number of carboxylic acids is 1. The molecule has 0 atom stereocenters. The number of hydrogen-bond donors (Lipinski definition) is 2. The minimum Gasteiger partial charge on any atom is -0.476 e. The van der Waals surface area contributed by atoms with E-state index in [2.05, 4.69) is 35.2 Å². The SMILES string of the molecule is Cc1cccc(C(C)C)c1Nc1cnc(C(=O)O)cn1. The highest BCUT2D eigenvalue weighted by atomic mass is 16.4. The lowest BCUT2D eigenvalue weighted by Crippen LogP contribution is -2.05. The number of carboxylic acid groups (broad SMARTS) is 1. The fourth-order valence-electron chi connectivity index (χ4n) is 1.97. The van der Waals surface area contributed by atoms with Gasteiger partial charge in [-0.15, -0.1) is 0 Å². The molecule has 1 aromatic heterocycles. The Kier molecular flexibility index (Phi) is 3.98. The zero-order chi connectivity index (χ0) is 14.7. The number of aromatic nitrogens is 2. The number of nitrogens with one attached hydrogen (secondary N) is 1. The predicted molar refractivity (Wildman–Crippen MR) is 77.5 cm³/mol. The van der Waals surface area contributed by atoms with Crippen molar-refractivity contribution in [2.45, 2.75) is 26.7 Å². The quantitative estimate of drug-likeness (QED) is 0.891. The summed E-state index contributed by atoms with van der Waals surface area (Å²) in [5.41, 5.74) is 3.23. The Balaban J connectivity index is 2.32. The predicted octanol–water partition coefficient (Wildman–Crippen LogP) is 3.35. The van der Waals surface area contributed by atoms with Gasteiger partial charge in [-0.2, -0.15) is 0 Å². The molecule has 104 valence electrons. The van der Waals surface area contributed by atoms with E-state index in [0.29, 0.717) is 11.7 Å². The van der Waals surface area contributed by atoms with Crippen LogP contribution in [0.15, 0.2) is 30.6 Å². The Morgan fingerprint density at radius 3 is 2.55 bits per heavy atom. The van der Waals surface area contributed by atoms with E-state index >= 15 is 0 Å². The van der Waals surface area contributed by atoms with Gasteiger partial charge in [-0.1, -0.05) is 32.0 Å². The average molecular weight is 271 g/mol. The summed E-state index contributed by atoms with van der Waals surface area (Å²) in [6, 6.07) is 6.11. The van der Waals surface area contributed by atoms with Crippen LogP contribution in [0.1, 0.15) is 41.4 Å². The zero-order valence-corrected chi connectivity index (χ0v) is 11.7. The highest BCUT2D eigenvalue weighted by Gasteiger charge is 2.10. The molecule has 2 rings (SSSR count). The van der Waals surface area contributed by atoms with E-state index in [1.165, 1.54) is 18.0 Å². The maximum absolute atomic E-state index is 10.7. The Morgan fingerprint density at radius 1 is 1.25 bits per heavy atom. The van der Waals surface area contributed by atoms with Gasteiger partial charge in [0.05, 0.1) is 12.4 Å². The monoisotopic (exact) mass is 271 g/mol. The maximum atomic E-state index is 10.7. The molecule has 0 aliphatic carbocycles. The highest BCUT2D eigenvalue weighted by molar-refractivity contribution is 5.85. The molecule has 2 aromatic rings. The number of anilines is 2. The number of aromatic carboxylic acids is 1. The van der Waals surface area contributed by atoms with Gasteiger partial charge >= 0.3 is 5.97 Å². The maximum Gasteiger partial charge on any atom is 0.356 e. The van der Waals surface area contributed by atoms with Crippen molar-refractivity contribution in [3.05, 3.63) is 47.4 Å². The first-order chi connectivity index (χ1) is 9.49. The molecule has 0 aliphatic rings. The number of benzene rings is 1. The number of rotatable bonds is 4. The summed E-state index contributed by atoms with van der Waals surface area (Å²) in [5.74, 6) is -0.169. The van der Waals surface area contributed by atoms with Crippen LogP contribution in [0.25, 0.3) is 0 Å². The molecule has 5 heteroatoms. The standard InChI is InChI=1S/C15H17N3O2/c1-9(2)11-6-4-5-10(3)14(11)18-13-8-16-12(7-17-13)15(19)20/h4-9H,1-3H3,(H,17,18)(H,19,20).